The molecule has 2 rings (SSSR count). The zero-order valence-corrected chi connectivity index (χ0v) is 5.13. The molecule has 2 nitrogen and oxygen atoms in total. The Bertz CT molecular complexity index is 177. The van der Waals surface area contributed by atoms with Gasteiger partial charge in [-0.05, 0) is 18.8 Å². The third-order valence-corrected chi connectivity index (χ3v) is 1.60. The molecule has 0 atom stereocenters. The summed E-state index contributed by atoms with van der Waals surface area (Å²) in [4.78, 5) is 3.97. The molecule has 1 aromatic rings. The van der Waals surface area contributed by atoms with Crippen LogP contribution in [0, 0.1) is 12.2 Å². The van der Waals surface area contributed by atoms with Crippen molar-refractivity contribution in [2.24, 2.45) is 5.92 Å². The predicted molar refractivity (Wildman–Crippen MR) is 31.8 cm³/mol. The molecule has 0 spiro atoms. The smallest absolute Gasteiger partial charge is 0.195 e. The quantitative estimate of drug-likeness (QED) is 0.593. The minimum Gasteiger partial charge on any atom is -0.437 e. The van der Waals surface area contributed by atoms with E-state index in [1.165, 1.54) is 12.8 Å². The largest absolute Gasteiger partial charge is 0.437 e. The Morgan fingerprint density at radius 3 is 3.22 bits per heavy atom. The highest BCUT2D eigenvalue weighted by Crippen LogP contribution is 2.31. The molecule has 47 valence electrons. The van der Waals surface area contributed by atoms with Crippen molar-refractivity contribution >= 4 is 0 Å². The van der Waals surface area contributed by atoms with Gasteiger partial charge in [0.05, 0.1) is 6.20 Å². The molecular weight excluding hydrogens is 114 g/mol. The number of oxazole rings is 1. The SMILES string of the molecule is [c]1cnc(CC2CC2)o1. The first-order valence-electron chi connectivity index (χ1n) is 3.26. The summed E-state index contributed by atoms with van der Waals surface area (Å²) in [7, 11) is 0. The minimum atomic E-state index is 0.845. The van der Waals surface area contributed by atoms with Gasteiger partial charge >= 0.3 is 0 Å². The van der Waals surface area contributed by atoms with Crippen LogP contribution in [0.5, 0.6) is 0 Å². The maximum absolute atomic E-state index is 4.95. The molecule has 1 radical (unpaired) electrons. The van der Waals surface area contributed by atoms with Crippen molar-refractivity contribution in [1.29, 1.82) is 0 Å². The minimum absolute atomic E-state index is 0.845. The number of hydrogen-bond donors (Lipinski definition) is 0. The first-order valence-corrected chi connectivity index (χ1v) is 3.26. The second-order valence-electron chi connectivity index (χ2n) is 2.52. The summed E-state index contributed by atoms with van der Waals surface area (Å²) < 4.78 is 4.95. The monoisotopic (exact) mass is 122 g/mol. The molecule has 0 aliphatic heterocycles. The van der Waals surface area contributed by atoms with E-state index < -0.39 is 0 Å². The molecule has 1 heterocycles. The fourth-order valence-electron chi connectivity index (χ4n) is 0.882. The molecule has 0 unspecified atom stereocenters. The van der Waals surface area contributed by atoms with E-state index in [0.717, 1.165) is 18.2 Å². The van der Waals surface area contributed by atoms with Gasteiger partial charge in [0.25, 0.3) is 0 Å². The maximum Gasteiger partial charge on any atom is 0.195 e. The zero-order valence-electron chi connectivity index (χ0n) is 5.13. The van der Waals surface area contributed by atoms with Gasteiger partial charge in [0, 0.05) is 6.42 Å². The Morgan fingerprint density at radius 2 is 2.67 bits per heavy atom. The van der Waals surface area contributed by atoms with Crippen LogP contribution in [0.4, 0.5) is 0 Å². The van der Waals surface area contributed by atoms with Crippen molar-refractivity contribution in [3.63, 3.8) is 0 Å². The van der Waals surface area contributed by atoms with Gasteiger partial charge in [-0.2, -0.15) is 0 Å². The molecule has 0 amide bonds. The van der Waals surface area contributed by atoms with Crippen molar-refractivity contribution in [1.82, 2.24) is 4.98 Å². The Hall–Kier alpha value is -0.790. The lowest BCUT2D eigenvalue weighted by molar-refractivity contribution is 0.476. The molecule has 0 aromatic carbocycles. The highest BCUT2D eigenvalue weighted by atomic mass is 16.3. The van der Waals surface area contributed by atoms with Crippen molar-refractivity contribution in [2.75, 3.05) is 0 Å². The topological polar surface area (TPSA) is 26.0 Å². The van der Waals surface area contributed by atoms with Gasteiger partial charge in [-0.15, -0.1) is 0 Å². The van der Waals surface area contributed by atoms with Gasteiger partial charge in [0.15, 0.2) is 12.2 Å². The summed E-state index contributed by atoms with van der Waals surface area (Å²) in [6, 6.07) is 0. The Morgan fingerprint density at radius 1 is 1.78 bits per heavy atom. The number of aromatic nitrogens is 1. The van der Waals surface area contributed by atoms with E-state index in [9.17, 15) is 0 Å². The van der Waals surface area contributed by atoms with Crippen LogP contribution >= 0.6 is 0 Å². The van der Waals surface area contributed by atoms with Crippen LogP contribution in [-0.4, -0.2) is 4.98 Å². The van der Waals surface area contributed by atoms with Gasteiger partial charge in [-0.1, -0.05) is 0 Å². The maximum atomic E-state index is 4.95. The summed E-state index contributed by atoms with van der Waals surface area (Å²) in [6.45, 7) is 0. The molecular formula is C7H8NO. The van der Waals surface area contributed by atoms with E-state index >= 15 is 0 Å². The third-order valence-electron chi connectivity index (χ3n) is 1.60. The van der Waals surface area contributed by atoms with Gasteiger partial charge in [-0.3, -0.25) is 0 Å². The lowest BCUT2D eigenvalue weighted by atomic mass is 10.3. The normalized spacial score (nSPS) is 18.2. The van der Waals surface area contributed by atoms with Crippen LogP contribution in [0.3, 0.4) is 0 Å². The highest BCUT2D eigenvalue weighted by molar-refractivity contribution is 4.87. The average molecular weight is 122 g/mol. The summed E-state index contributed by atoms with van der Waals surface area (Å²) in [6.07, 6.45) is 7.87. The van der Waals surface area contributed by atoms with Gasteiger partial charge in [-0.25, -0.2) is 4.98 Å². The number of nitrogens with zero attached hydrogens (tertiary/aromatic N) is 1. The molecule has 1 aliphatic carbocycles. The Balaban J connectivity index is 1.99. The van der Waals surface area contributed by atoms with E-state index in [-0.39, 0.29) is 0 Å². The van der Waals surface area contributed by atoms with Gasteiger partial charge in [0.2, 0.25) is 0 Å². The van der Waals surface area contributed by atoms with Gasteiger partial charge in [0.1, 0.15) is 0 Å². The van der Waals surface area contributed by atoms with Crippen molar-refractivity contribution in [3.8, 4) is 0 Å². The molecule has 1 aromatic heterocycles. The second-order valence-corrected chi connectivity index (χ2v) is 2.52. The molecule has 0 N–H and O–H groups in total. The summed E-state index contributed by atoms with van der Waals surface area (Å²) >= 11 is 0. The van der Waals surface area contributed by atoms with Crippen molar-refractivity contribution in [3.05, 3.63) is 18.4 Å². The van der Waals surface area contributed by atoms with E-state index in [1.54, 1.807) is 6.20 Å². The van der Waals surface area contributed by atoms with Crippen LogP contribution in [0.1, 0.15) is 18.7 Å². The van der Waals surface area contributed by atoms with E-state index in [4.69, 9.17) is 4.42 Å². The first kappa shape index (κ1) is 5.03. The lowest BCUT2D eigenvalue weighted by Gasteiger charge is -1.86. The Kier molecular flexibility index (Phi) is 1.04. The molecule has 1 aliphatic rings. The molecule has 0 saturated heterocycles. The number of rotatable bonds is 2. The standard InChI is InChI=1S/C7H8NO/c1-2-6(1)5-7-8-3-4-9-7/h3,6H,1-2,5H2. The van der Waals surface area contributed by atoms with Crippen LogP contribution in [0.2, 0.25) is 0 Å². The fraction of sp³-hybridized carbons (Fsp3) is 0.571. The van der Waals surface area contributed by atoms with E-state index in [1.807, 2.05) is 0 Å². The summed E-state index contributed by atoms with van der Waals surface area (Å²) in [5, 5.41) is 0. The first-order chi connectivity index (χ1) is 4.45. The van der Waals surface area contributed by atoms with Crippen LogP contribution in [-0.2, 0) is 6.42 Å². The molecule has 0 bridgehead atoms. The van der Waals surface area contributed by atoms with Crippen LogP contribution in [0.15, 0.2) is 10.6 Å². The molecule has 9 heavy (non-hydrogen) atoms. The molecule has 1 fully saturated rings. The summed E-state index contributed by atoms with van der Waals surface area (Å²) in [5.41, 5.74) is 0. The van der Waals surface area contributed by atoms with E-state index in [2.05, 4.69) is 11.2 Å². The fourth-order valence-corrected chi connectivity index (χ4v) is 0.882. The van der Waals surface area contributed by atoms with Crippen molar-refractivity contribution in [2.45, 2.75) is 19.3 Å². The van der Waals surface area contributed by atoms with Crippen LogP contribution in [0.25, 0.3) is 0 Å². The van der Waals surface area contributed by atoms with Crippen LogP contribution < -0.4 is 0 Å². The second kappa shape index (κ2) is 1.87. The zero-order chi connectivity index (χ0) is 6.10. The molecule has 1 saturated carbocycles. The lowest BCUT2D eigenvalue weighted by Crippen LogP contribution is -1.84. The molecule has 2 heteroatoms. The predicted octanol–water partition coefficient (Wildman–Crippen LogP) is 1.43. The Labute approximate surface area is 53.9 Å². The average Bonchev–Trinajstić information content (AvgIpc) is 2.46. The van der Waals surface area contributed by atoms with Crippen molar-refractivity contribution < 1.29 is 4.42 Å². The third kappa shape index (κ3) is 1.12. The highest BCUT2D eigenvalue weighted by Gasteiger charge is 2.23. The number of hydrogen-bond acceptors (Lipinski definition) is 2. The van der Waals surface area contributed by atoms with E-state index in [0.29, 0.717) is 0 Å². The van der Waals surface area contributed by atoms with Gasteiger partial charge < -0.3 is 4.42 Å². The summed E-state index contributed by atoms with van der Waals surface area (Å²) in [5.74, 6) is 1.70.